The van der Waals surface area contributed by atoms with Gasteiger partial charge < -0.3 is 15.3 Å². The molecule has 2 unspecified atom stereocenters. The van der Waals surface area contributed by atoms with Gasteiger partial charge in [0, 0.05) is 5.56 Å². The summed E-state index contributed by atoms with van der Waals surface area (Å²) in [6.45, 7) is 1.93. The highest BCUT2D eigenvalue weighted by molar-refractivity contribution is 5.98. The SMILES string of the molecule is Cc1ccc(C(=O)O/N=C(\N)c2ccc(OC3CCCCC3F)cc2)cc1. The monoisotopic (exact) mass is 370 g/mol. The van der Waals surface area contributed by atoms with Gasteiger partial charge in [-0.25, -0.2) is 9.18 Å². The number of nitrogens with zero attached hydrogens (tertiary/aromatic N) is 1. The first-order chi connectivity index (χ1) is 13.0. The Balaban J connectivity index is 1.59. The van der Waals surface area contributed by atoms with Gasteiger partial charge in [0.25, 0.3) is 0 Å². The van der Waals surface area contributed by atoms with Gasteiger partial charge in [-0.1, -0.05) is 29.3 Å². The van der Waals surface area contributed by atoms with E-state index in [1.54, 1.807) is 36.4 Å². The first-order valence-corrected chi connectivity index (χ1v) is 9.05. The molecule has 1 aliphatic rings. The average Bonchev–Trinajstić information content (AvgIpc) is 2.69. The third-order valence-corrected chi connectivity index (χ3v) is 4.57. The lowest BCUT2D eigenvalue weighted by atomic mass is 9.96. The molecular formula is C21H23FN2O3. The Hall–Kier alpha value is -2.89. The minimum atomic E-state index is -0.925. The molecule has 0 amide bonds. The highest BCUT2D eigenvalue weighted by atomic mass is 19.1. The van der Waals surface area contributed by atoms with Crippen LogP contribution in [0, 0.1) is 6.92 Å². The number of oxime groups is 1. The summed E-state index contributed by atoms with van der Waals surface area (Å²) in [5.74, 6) is 0.0741. The molecule has 0 spiro atoms. The van der Waals surface area contributed by atoms with Crippen molar-refractivity contribution in [1.29, 1.82) is 0 Å². The molecule has 0 aromatic heterocycles. The van der Waals surface area contributed by atoms with Gasteiger partial charge in [0.15, 0.2) is 5.84 Å². The van der Waals surface area contributed by atoms with E-state index >= 15 is 0 Å². The summed E-state index contributed by atoms with van der Waals surface area (Å²) in [7, 11) is 0. The molecule has 27 heavy (non-hydrogen) atoms. The highest BCUT2D eigenvalue weighted by Crippen LogP contribution is 2.26. The summed E-state index contributed by atoms with van der Waals surface area (Å²) in [5.41, 5.74) is 7.90. The molecule has 0 saturated heterocycles. The Morgan fingerprint density at radius 1 is 1.04 bits per heavy atom. The standard InChI is InChI=1S/C21H23FN2O3/c1-14-6-8-16(9-7-14)21(25)27-24-20(23)15-10-12-17(13-11-15)26-19-5-3-2-4-18(19)22/h6-13,18-19H,2-5H2,1H3,(H2,23,24). The van der Waals surface area contributed by atoms with Gasteiger partial charge in [0.05, 0.1) is 5.56 Å². The molecule has 1 saturated carbocycles. The largest absolute Gasteiger partial charge is 0.487 e. The molecule has 2 aromatic carbocycles. The number of amidine groups is 1. The van der Waals surface area contributed by atoms with E-state index in [1.165, 1.54) is 0 Å². The Bertz CT molecular complexity index is 803. The van der Waals surface area contributed by atoms with E-state index in [2.05, 4.69) is 5.16 Å². The van der Waals surface area contributed by atoms with Gasteiger partial charge >= 0.3 is 5.97 Å². The zero-order valence-corrected chi connectivity index (χ0v) is 15.2. The van der Waals surface area contributed by atoms with Crippen molar-refractivity contribution in [1.82, 2.24) is 0 Å². The van der Waals surface area contributed by atoms with E-state index in [-0.39, 0.29) is 5.84 Å². The third kappa shape index (κ3) is 5.06. The van der Waals surface area contributed by atoms with Crippen LogP contribution in [0.25, 0.3) is 0 Å². The van der Waals surface area contributed by atoms with Crippen LogP contribution in [-0.2, 0) is 4.84 Å². The summed E-state index contributed by atoms with van der Waals surface area (Å²) in [6.07, 6.45) is 1.84. The zero-order chi connectivity index (χ0) is 19.2. The Morgan fingerprint density at radius 2 is 1.67 bits per heavy atom. The summed E-state index contributed by atoms with van der Waals surface area (Å²) in [6, 6.07) is 13.8. The van der Waals surface area contributed by atoms with Gasteiger partial charge in [0.1, 0.15) is 18.0 Å². The van der Waals surface area contributed by atoms with Gasteiger partial charge in [0.2, 0.25) is 0 Å². The first-order valence-electron chi connectivity index (χ1n) is 9.05. The predicted molar refractivity (Wildman–Crippen MR) is 102 cm³/mol. The lowest BCUT2D eigenvalue weighted by molar-refractivity contribution is 0.0516. The molecule has 6 heteroatoms. The van der Waals surface area contributed by atoms with Crippen LogP contribution in [0.4, 0.5) is 4.39 Å². The van der Waals surface area contributed by atoms with Crippen LogP contribution in [0.5, 0.6) is 5.75 Å². The second-order valence-electron chi connectivity index (χ2n) is 6.70. The van der Waals surface area contributed by atoms with E-state index in [9.17, 15) is 9.18 Å². The minimum absolute atomic E-state index is 0.0723. The van der Waals surface area contributed by atoms with Crippen LogP contribution in [0.1, 0.15) is 47.2 Å². The van der Waals surface area contributed by atoms with E-state index < -0.39 is 18.2 Å². The van der Waals surface area contributed by atoms with Gasteiger partial charge in [-0.2, -0.15) is 0 Å². The smallest absolute Gasteiger partial charge is 0.365 e. The molecule has 3 rings (SSSR count). The number of rotatable bonds is 5. The second-order valence-corrected chi connectivity index (χ2v) is 6.70. The number of alkyl halides is 1. The van der Waals surface area contributed by atoms with E-state index in [0.717, 1.165) is 24.8 Å². The van der Waals surface area contributed by atoms with Crippen LogP contribution in [0.2, 0.25) is 0 Å². The number of hydrogen-bond acceptors (Lipinski definition) is 4. The number of carbonyl (C=O) groups excluding carboxylic acids is 1. The maximum atomic E-state index is 13.9. The summed E-state index contributed by atoms with van der Waals surface area (Å²) in [4.78, 5) is 16.9. The van der Waals surface area contributed by atoms with E-state index in [0.29, 0.717) is 23.3 Å². The summed E-state index contributed by atoms with van der Waals surface area (Å²) >= 11 is 0. The molecule has 0 heterocycles. The molecule has 2 atom stereocenters. The average molecular weight is 370 g/mol. The van der Waals surface area contributed by atoms with Crippen molar-refractivity contribution in [3.8, 4) is 5.75 Å². The first kappa shape index (κ1) is 18.9. The van der Waals surface area contributed by atoms with Crippen molar-refractivity contribution < 1.29 is 18.8 Å². The van der Waals surface area contributed by atoms with E-state index in [1.807, 2.05) is 19.1 Å². The fraction of sp³-hybridized carbons (Fsp3) is 0.333. The van der Waals surface area contributed by atoms with Crippen LogP contribution in [-0.4, -0.2) is 24.1 Å². The Kier molecular flexibility index (Phi) is 6.06. The second kappa shape index (κ2) is 8.66. The number of ether oxygens (including phenoxy) is 1. The number of hydrogen-bond donors (Lipinski definition) is 1. The van der Waals surface area contributed by atoms with Gasteiger partial charge in [-0.05, 0) is 62.6 Å². The number of benzene rings is 2. The lowest BCUT2D eigenvalue weighted by Gasteiger charge is -2.26. The van der Waals surface area contributed by atoms with Crippen LogP contribution in [0.15, 0.2) is 53.7 Å². The van der Waals surface area contributed by atoms with Crippen molar-refractivity contribution in [2.45, 2.75) is 44.9 Å². The molecule has 0 radical (unpaired) electrons. The molecule has 0 aliphatic heterocycles. The summed E-state index contributed by atoms with van der Waals surface area (Å²) < 4.78 is 19.6. The topological polar surface area (TPSA) is 73.9 Å². The van der Waals surface area contributed by atoms with Crippen molar-refractivity contribution in [3.05, 3.63) is 65.2 Å². The number of nitrogens with two attached hydrogens (primary N) is 1. The molecule has 1 aliphatic carbocycles. The predicted octanol–water partition coefficient (Wildman–Crippen LogP) is 4.13. The number of halogens is 1. The normalized spacial score (nSPS) is 20.1. The van der Waals surface area contributed by atoms with Crippen LogP contribution in [0.3, 0.4) is 0 Å². The molecule has 5 nitrogen and oxygen atoms in total. The van der Waals surface area contributed by atoms with Crippen molar-refractivity contribution >= 4 is 11.8 Å². The molecular weight excluding hydrogens is 347 g/mol. The van der Waals surface area contributed by atoms with Crippen LogP contribution >= 0.6 is 0 Å². The molecule has 2 N–H and O–H groups in total. The van der Waals surface area contributed by atoms with Crippen molar-refractivity contribution in [2.75, 3.05) is 0 Å². The quantitative estimate of drug-likeness (QED) is 0.372. The fourth-order valence-electron chi connectivity index (χ4n) is 2.95. The molecule has 2 aromatic rings. The fourth-order valence-corrected chi connectivity index (χ4v) is 2.95. The van der Waals surface area contributed by atoms with Gasteiger partial charge in [-0.15, -0.1) is 0 Å². The number of aryl methyl sites for hydroxylation is 1. The zero-order valence-electron chi connectivity index (χ0n) is 15.2. The maximum absolute atomic E-state index is 13.9. The minimum Gasteiger partial charge on any atom is -0.487 e. The Morgan fingerprint density at radius 3 is 2.33 bits per heavy atom. The van der Waals surface area contributed by atoms with Crippen molar-refractivity contribution in [3.63, 3.8) is 0 Å². The maximum Gasteiger partial charge on any atom is 0.365 e. The Labute approximate surface area is 158 Å². The lowest BCUT2D eigenvalue weighted by Crippen LogP contribution is -2.31. The number of carbonyl (C=O) groups is 1. The summed E-state index contributed by atoms with van der Waals surface area (Å²) in [5, 5.41) is 3.69. The molecule has 0 bridgehead atoms. The van der Waals surface area contributed by atoms with Gasteiger partial charge in [-0.3, -0.25) is 0 Å². The highest BCUT2D eigenvalue weighted by Gasteiger charge is 2.26. The van der Waals surface area contributed by atoms with E-state index in [4.69, 9.17) is 15.3 Å². The molecule has 1 fully saturated rings. The van der Waals surface area contributed by atoms with Crippen LogP contribution < -0.4 is 10.5 Å². The third-order valence-electron chi connectivity index (χ3n) is 4.57. The molecule has 142 valence electrons. The van der Waals surface area contributed by atoms with Crippen molar-refractivity contribution in [2.24, 2.45) is 10.9 Å².